The van der Waals surface area contributed by atoms with Gasteiger partial charge in [-0.05, 0) is 22.0 Å². The van der Waals surface area contributed by atoms with Crippen LogP contribution in [0.5, 0.6) is 0 Å². The first-order chi connectivity index (χ1) is 8.99. The van der Waals surface area contributed by atoms with Gasteiger partial charge in [0.05, 0.1) is 17.0 Å². The first kappa shape index (κ1) is 13.5. The fraction of sp³-hybridized carbons (Fsp3) is 0.273. The highest BCUT2D eigenvalue weighted by atomic mass is 79.9. The van der Waals surface area contributed by atoms with Gasteiger partial charge in [-0.2, -0.15) is 0 Å². The van der Waals surface area contributed by atoms with E-state index in [0.717, 1.165) is 0 Å². The van der Waals surface area contributed by atoms with Crippen molar-refractivity contribution in [3.05, 3.63) is 38.3 Å². The fourth-order valence-electron chi connectivity index (χ4n) is 1.77. The van der Waals surface area contributed by atoms with E-state index in [0.29, 0.717) is 17.6 Å². The fourth-order valence-corrected chi connectivity index (χ4v) is 2.19. The lowest BCUT2D eigenvalue weighted by molar-refractivity contribution is -0.384. The predicted octanol–water partition coefficient (Wildman–Crippen LogP) is 0.929. The van der Waals surface area contributed by atoms with Gasteiger partial charge in [0.15, 0.2) is 0 Å². The van der Waals surface area contributed by atoms with Gasteiger partial charge in [-0.1, -0.05) is 0 Å². The number of piperazine rings is 1. The average Bonchev–Trinajstić information content (AvgIpc) is 2.38. The van der Waals surface area contributed by atoms with Gasteiger partial charge < -0.3 is 10.2 Å². The molecule has 0 bridgehead atoms. The first-order valence-electron chi connectivity index (χ1n) is 5.49. The summed E-state index contributed by atoms with van der Waals surface area (Å²) in [5.41, 5.74) is 0.0249. The molecule has 100 valence electrons. The third-order valence-electron chi connectivity index (χ3n) is 2.72. The van der Waals surface area contributed by atoms with Crippen LogP contribution in [0.4, 0.5) is 5.69 Å². The number of halogens is 1. The number of hydrogen-bond donors (Lipinski definition) is 1. The molecule has 1 fully saturated rings. The van der Waals surface area contributed by atoms with Crippen LogP contribution >= 0.6 is 15.9 Å². The summed E-state index contributed by atoms with van der Waals surface area (Å²) < 4.78 is 0.467. The van der Waals surface area contributed by atoms with Gasteiger partial charge in [-0.25, -0.2) is 0 Å². The van der Waals surface area contributed by atoms with E-state index in [4.69, 9.17) is 0 Å². The highest BCUT2D eigenvalue weighted by Crippen LogP contribution is 2.24. The smallest absolute Gasteiger partial charge is 0.270 e. The van der Waals surface area contributed by atoms with Crippen LogP contribution in [-0.4, -0.2) is 41.3 Å². The number of nitro benzene ring substituents is 1. The predicted molar refractivity (Wildman–Crippen MR) is 69.7 cm³/mol. The molecule has 1 aliphatic heterocycles. The van der Waals surface area contributed by atoms with Crippen LogP contribution in [0.25, 0.3) is 0 Å². The number of rotatable bonds is 2. The van der Waals surface area contributed by atoms with Crippen molar-refractivity contribution >= 4 is 33.4 Å². The van der Waals surface area contributed by atoms with Crippen LogP contribution in [0.2, 0.25) is 0 Å². The van der Waals surface area contributed by atoms with Gasteiger partial charge in [-0.15, -0.1) is 0 Å². The quantitative estimate of drug-likeness (QED) is 0.646. The SMILES string of the molecule is O=C1CN(C(=O)c2cc([N+](=O)[O-])ccc2Br)CCN1. The molecule has 0 aliphatic carbocycles. The molecular weight excluding hydrogens is 318 g/mol. The Kier molecular flexibility index (Phi) is 3.79. The Morgan fingerprint density at radius 1 is 1.47 bits per heavy atom. The second-order valence-electron chi connectivity index (χ2n) is 4.00. The number of benzene rings is 1. The van der Waals surface area contributed by atoms with E-state index in [9.17, 15) is 19.7 Å². The highest BCUT2D eigenvalue weighted by molar-refractivity contribution is 9.10. The third kappa shape index (κ3) is 2.90. The highest BCUT2D eigenvalue weighted by Gasteiger charge is 2.25. The summed E-state index contributed by atoms with van der Waals surface area (Å²) >= 11 is 3.19. The van der Waals surface area contributed by atoms with Crippen molar-refractivity contribution in [3.8, 4) is 0 Å². The number of hydrogen-bond acceptors (Lipinski definition) is 4. The molecule has 0 spiro atoms. The van der Waals surface area contributed by atoms with Gasteiger partial charge in [0.1, 0.15) is 0 Å². The van der Waals surface area contributed by atoms with Gasteiger partial charge in [0.25, 0.3) is 11.6 Å². The molecule has 0 aromatic heterocycles. The van der Waals surface area contributed by atoms with Gasteiger partial charge in [0.2, 0.25) is 5.91 Å². The lowest BCUT2D eigenvalue weighted by Crippen LogP contribution is -2.50. The maximum absolute atomic E-state index is 12.2. The molecule has 0 atom stereocenters. The summed E-state index contributed by atoms with van der Waals surface area (Å²) in [6, 6.07) is 3.97. The van der Waals surface area contributed by atoms with Crippen molar-refractivity contribution in [1.82, 2.24) is 10.2 Å². The minimum atomic E-state index is -0.563. The molecule has 1 heterocycles. The number of amides is 2. The summed E-state index contributed by atoms with van der Waals surface area (Å²) in [6.45, 7) is 0.741. The molecule has 0 saturated carbocycles. The molecule has 0 radical (unpaired) electrons. The summed E-state index contributed by atoms with van der Waals surface area (Å²) in [4.78, 5) is 35.0. The minimum Gasteiger partial charge on any atom is -0.353 e. The number of carbonyl (C=O) groups excluding carboxylic acids is 2. The zero-order valence-electron chi connectivity index (χ0n) is 9.76. The van der Waals surface area contributed by atoms with E-state index in [1.807, 2.05) is 0 Å². The Balaban J connectivity index is 2.29. The summed E-state index contributed by atoms with van der Waals surface area (Å²) in [5.74, 6) is -0.633. The minimum absolute atomic E-state index is 0.0338. The van der Waals surface area contributed by atoms with Crippen molar-refractivity contribution in [3.63, 3.8) is 0 Å². The molecule has 1 aromatic rings. The molecule has 2 rings (SSSR count). The Hall–Kier alpha value is -1.96. The molecule has 8 heteroatoms. The molecule has 1 aromatic carbocycles. The Bertz CT molecular complexity index is 561. The zero-order chi connectivity index (χ0) is 14.0. The van der Waals surface area contributed by atoms with Crippen LogP contribution < -0.4 is 5.32 Å². The molecule has 0 unspecified atom stereocenters. The number of carbonyl (C=O) groups is 2. The van der Waals surface area contributed by atoms with Crippen molar-refractivity contribution in [2.45, 2.75) is 0 Å². The van der Waals surface area contributed by atoms with E-state index >= 15 is 0 Å². The Labute approximate surface area is 116 Å². The monoisotopic (exact) mass is 327 g/mol. The van der Waals surface area contributed by atoms with Crippen LogP contribution in [0.15, 0.2) is 22.7 Å². The van der Waals surface area contributed by atoms with E-state index in [2.05, 4.69) is 21.2 Å². The topological polar surface area (TPSA) is 92.5 Å². The molecule has 19 heavy (non-hydrogen) atoms. The molecule has 1 saturated heterocycles. The van der Waals surface area contributed by atoms with Crippen molar-refractivity contribution < 1.29 is 14.5 Å². The Morgan fingerprint density at radius 3 is 2.84 bits per heavy atom. The average molecular weight is 328 g/mol. The maximum Gasteiger partial charge on any atom is 0.270 e. The van der Waals surface area contributed by atoms with Gasteiger partial charge in [-0.3, -0.25) is 19.7 Å². The van der Waals surface area contributed by atoms with Crippen molar-refractivity contribution in [2.75, 3.05) is 19.6 Å². The van der Waals surface area contributed by atoms with E-state index in [-0.39, 0.29) is 23.7 Å². The Morgan fingerprint density at radius 2 is 2.21 bits per heavy atom. The van der Waals surface area contributed by atoms with E-state index < -0.39 is 10.8 Å². The summed E-state index contributed by atoms with van der Waals surface area (Å²) in [7, 11) is 0. The van der Waals surface area contributed by atoms with Crippen LogP contribution in [-0.2, 0) is 4.79 Å². The number of nitrogens with zero attached hydrogens (tertiary/aromatic N) is 2. The second-order valence-corrected chi connectivity index (χ2v) is 4.85. The number of nitro groups is 1. The standard InChI is InChI=1S/C11H10BrN3O4/c12-9-2-1-7(15(18)19)5-8(9)11(17)14-4-3-13-10(16)6-14/h1-2,5H,3-4,6H2,(H,13,16). The summed E-state index contributed by atoms with van der Waals surface area (Å²) in [6.07, 6.45) is 0. The van der Waals surface area contributed by atoms with Crippen LogP contribution in [0.1, 0.15) is 10.4 Å². The second kappa shape index (κ2) is 5.35. The lowest BCUT2D eigenvalue weighted by atomic mass is 10.1. The first-order valence-corrected chi connectivity index (χ1v) is 6.28. The van der Waals surface area contributed by atoms with Crippen LogP contribution in [0.3, 0.4) is 0 Å². The molecular formula is C11H10BrN3O4. The number of non-ortho nitro benzene ring substituents is 1. The molecule has 7 nitrogen and oxygen atoms in total. The largest absolute Gasteiger partial charge is 0.353 e. The van der Waals surface area contributed by atoms with E-state index in [1.54, 1.807) is 0 Å². The van der Waals surface area contributed by atoms with Gasteiger partial charge >= 0.3 is 0 Å². The molecule has 2 amide bonds. The van der Waals surface area contributed by atoms with Crippen LogP contribution in [0, 0.1) is 10.1 Å². The maximum atomic E-state index is 12.2. The molecule has 1 N–H and O–H groups in total. The third-order valence-corrected chi connectivity index (χ3v) is 3.41. The van der Waals surface area contributed by atoms with Gasteiger partial charge in [0, 0.05) is 29.7 Å². The van der Waals surface area contributed by atoms with E-state index in [1.165, 1.54) is 23.1 Å². The summed E-state index contributed by atoms with van der Waals surface area (Å²) in [5, 5.41) is 13.3. The zero-order valence-corrected chi connectivity index (χ0v) is 11.3. The normalized spacial score (nSPS) is 15.0. The lowest BCUT2D eigenvalue weighted by Gasteiger charge is -2.26. The molecule has 1 aliphatic rings. The van der Waals surface area contributed by atoms with Crippen molar-refractivity contribution in [1.29, 1.82) is 0 Å². The number of nitrogens with one attached hydrogen (secondary N) is 1. The van der Waals surface area contributed by atoms with Crippen molar-refractivity contribution in [2.24, 2.45) is 0 Å².